The molecule has 4 nitrogen and oxygen atoms in total. The van der Waals surface area contributed by atoms with Gasteiger partial charge in [-0.1, -0.05) is 48.5 Å². The van der Waals surface area contributed by atoms with Gasteiger partial charge in [0, 0.05) is 11.6 Å². The molecule has 120 valence electrons. The summed E-state index contributed by atoms with van der Waals surface area (Å²) in [5.74, 6) is 0.579. The molecular weight excluding hydrogens is 300 g/mol. The van der Waals surface area contributed by atoms with Crippen LogP contribution in [0.2, 0.25) is 0 Å². The van der Waals surface area contributed by atoms with Crippen LogP contribution >= 0.6 is 0 Å². The second-order valence-electron chi connectivity index (χ2n) is 5.47. The number of hydrogen-bond donors (Lipinski definition) is 1. The predicted molar refractivity (Wildman–Crippen MR) is 94.0 cm³/mol. The minimum Gasteiger partial charge on any atom is -0.444 e. The van der Waals surface area contributed by atoms with Crippen molar-refractivity contribution in [1.82, 2.24) is 10.3 Å². The van der Waals surface area contributed by atoms with Crippen LogP contribution in [0.1, 0.15) is 24.1 Å². The van der Waals surface area contributed by atoms with Crippen molar-refractivity contribution in [1.29, 1.82) is 0 Å². The zero-order valence-corrected chi connectivity index (χ0v) is 13.3. The van der Waals surface area contributed by atoms with Crippen LogP contribution in [0.3, 0.4) is 0 Å². The van der Waals surface area contributed by atoms with Crippen LogP contribution in [-0.2, 0) is 4.79 Å². The van der Waals surface area contributed by atoms with Crippen LogP contribution in [0.15, 0.2) is 77.7 Å². The van der Waals surface area contributed by atoms with E-state index in [1.807, 2.05) is 61.5 Å². The maximum atomic E-state index is 12.1. The number of nitrogens with zero attached hydrogens (tertiary/aromatic N) is 1. The van der Waals surface area contributed by atoms with Crippen molar-refractivity contribution in [3.05, 3.63) is 84.4 Å². The third kappa shape index (κ3) is 3.98. The van der Waals surface area contributed by atoms with Crippen molar-refractivity contribution in [3.63, 3.8) is 0 Å². The highest BCUT2D eigenvalue weighted by atomic mass is 16.3. The van der Waals surface area contributed by atoms with Gasteiger partial charge in [-0.15, -0.1) is 0 Å². The highest BCUT2D eigenvalue weighted by Gasteiger charge is 2.09. The maximum absolute atomic E-state index is 12.1. The SMILES string of the molecule is C[C@H](NC(=O)C=Cc1ccccc1)c1cccc(-c2cnco2)c1. The molecule has 0 radical (unpaired) electrons. The number of oxazole rings is 1. The minimum atomic E-state index is -0.128. The van der Waals surface area contributed by atoms with Gasteiger partial charge in [-0.05, 0) is 30.2 Å². The zero-order valence-electron chi connectivity index (χ0n) is 13.3. The van der Waals surface area contributed by atoms with Gasteiger partial charge in [0.15, 0.2) is 12.2 Å². The summed E-state index contributed by atoms with van der Waals surface area (Å²) in [6, 6.07) is 17.5. The van der Waals surface area contributed by atoms with Gasteiger partial charge >= 0.3 is 0 Å². The van der Waals surface area contributed by atoms with Crippen LogP contribution in [0.5, 0.6) is 0 Å². The summed E-state index contributed by atoms with van der Waals surface area (Å²) in [6.07, 6.45) is 6.42. The van der Waals surface area contributed by atoms with Gasteiger partial charge in [0.05, 0.1) is 12.2 Å². The molecular formula is C20H18N2O2. The molecule has 3 rings (SSSR count). The van der Waals surface area contributed by atoms with Crippen molar-refractivity contribution in [2.24, 2.45) is 0 Å². The van der Waals surface area contributed by atoms with E-state index in [9.17, 15) is 4.79 Å². The third-order valence-electron chi connectivity index (χ3n) is 3.69. The molecule has 4 heteroatoms. The molecule has 3 aromatic rings. The van der Waals surface area contributed by atoms with Gasteiger partial charge in [-0.3, -0.25) is 4.79 Å². The first-order chi connectivity index (χ1) is 11.7. The summed E-state index contributed by atoms with van der Waals surface area (Å²) in [7, 11) is 0. The molecule has 1 aromatic heterocycles. The van der Waals surface area contributed by atoms with Crippen molar-refractivity contribution in [3.8, 4) is 11.3 Å². The predicted octanol–water partition coefficient (Wildman–Crippen LogP) is 4.23. The van der Waals surface area contributed by atoms with Crippen LogP contribution in [0.4, 0.5) is 0 Å². The molecule has 1 amide bonds. The van der Waals surface area contributed by atoms with E-state index in [1.165, 1.54) is 6.39 Å². The molecule has 0 unspecified atom stereocenters. The summed E-state index contributed by atoms with van der Waals surface area (Å²) in [4.78, 5) is 16.0. The highest BCUT2D eigenvalue weighted by Crippen LogP contribution is 2.22. The first kappa shape index (κ1) is 15.7. The largest absolute Gasteiger partial charge is 0.444 e. The van der Waals surface area contributed by atoms with Gasteiger partial charge in [-0.2, -0.15) is 0 Å². The van der Waals surface area contributed by atoms with E-state index in [4.69, 9.17) is 4.42 Å². The molecule has 1 atom stereocenters. The molecule has 1 N–H and O–H groups in total. The van der Waals surface area contributed by atoms with E-state index >= 15 is 0 Å². The Morgan fingerprint density at radius 1 is 1.17 bits per heavy atom. The molecule has 1 heterocycles. The second kappa shape index (κ2) is 7.42. The first-order valence-corrected chi connectivity index (χ1v) is 7.75. The van der Waals surface area contributed by atoms with E-state index in [0.29, 0.717) is 5.76 Å². The van der Waals surface area contributed by atoms with Crippen molar-refractivity contribution < 1.29 is 9.21 Å². The minimum absolute atomic E-state index is 0.110. The fourth-order valence-corrected chi connectivity index (χ4v) is 2.40. The molecule has 2 aromatic carbocycles. The van der Waals surface area contributed by atoms with Crippen molar-refractivity contribution >= 4 is 12.0 Å². The molecule has 24 heavy (non-hydrogen) atoms. The third-order valence-corrected chi connectivity index (χ3v) is 3.69. The Labute approximate surface area is 140 Å². The monoisotopic (exact) mass is 318 g/mol. The molecule has 0 saturated heterocycles. The zero-order chi connectivity index (χ0) is 16.8. The molecule has 0 fully saturated rings. The average Bonchev–Trinajstić information content (AvgIpc) is 3.16. The lowest BCUT2D eigenvalue weighted by molar-refractivity contribution is -0.117. The Morgan fingerprint density at radius 2 is 2.00 bits per heavy atom. The standard InChI is InChI=1S/C20H18N2O2/c1-15(22-20(23)11-10-16-6-3-2-4-7-16)17-8-5-9-18(12-17)19-13-21-14-24-19/h2-15H,1H3,(H,22,23)/t15-/m0/s1. The number of nitrogens with one attached hydrogen (secondary N) is 1. The fraction of sp³-hybridized carbons (Fsp3) is 0.100. The van der Waals surface area contributed by atoms with E-state index in [1.54, 1.807) is 18.3 Å². The molecule has 0 saturated carbocycles. The number of hydrogen-bond acceptors (Lipinski definition) is 3. The van der Waals surface area contributed by atoms with Crippen LogP contribution in [-0.4, -0.2) is 10.9 Å². The Bertz CT molecular complexity index is 824. The summed E-state index contributed by atoms with van der Waals surface area (Å²) in [5.41, 5.74) is 2.93. The van der Waals surface area contributed by atoms with Gasteiger partial charge in [0.2, 0.25) is 5.91 Å². The molecule has 0 aliphatic rings. The summed E-state index contributed by atoms with van der Waals surface area (Å²) in [6.45, 7) is 1.95. The summed E-state index contributed by atoms with van der Waals surface area (Å²) in [5, 5.41) is 2.97. The van der Waals surface area contributed by atoms with Gasteiger partial charge in [-0.25, -0.2) is 4.98 Å². The van der Waals surface area contributed by atoms with Gasteiger partial charge in [0.25, 0.3) is 0 Å². The molecule has 0 aliphatic carbocycles. The summed E-state index contributed by atoms with van der Waals surface area (Å²) >= 11 is 0. The lowest BCUT2D eigenvalue weighted by Gasteiger charge is -2.13. The smallest absolute Gasteiger partial charge is 0.244 e. The Morgan fingerprint density at radius 3 is 2.75 bits per heavy atom. The second-order valence-corrected chi connectivity index (χ2v) is 5.47. The normalized spacial score (nSPS) is 12.2. The van der Waals surface area contributed by atoms with E-state index in [-0.39, 0.29) is 11.9 Å². The number of benzene rings is 2. The molecule has 0 aliphatic heterocycles. The lowest BCUT2D eigenvalue weighted by Crippen LogP contribution is -2.24. The molecule has 0 bridgehead atoms. The maximum Gasteiger partial charge on any atom is 0.244 e. The van der Waals surface area contributed by atoms with Crippen LogP contribution < -0.4 is 5.32 Å². The lowest BCUT2D eigenvalue weighted by atomic mass is 10.0. The fourth-order valence-electron chi connectivity index (χ4n) is 2.40. The number of rotatable bonds is 5. The Hall–Kier alpha value is -3.14. The Kier molecular flexibility index (Phi) is 4.87. The molecule has 0 spiro atoms. The first-order valence-electron chi connectivity index (χ1n) is 7.75. The highest BCUT2D eigenvalue weighted by molar-refractivity contribution is 5.92. The van der Waals surface area contributed by atoms with Crippen LogP contribution in [0, 0.1) is 0 Å². The van der Waals surface area contributed by atoms with E-state index in [2.05, 4.69) is 10.3 Å². The van der Waals surface area contributed by atoms with Crippen LogP contribution in [0.25, 0.3) is 17.4 Å². The van der Waals surface area contributed by atoms with Gasteiger partial charge in [0.1, 0.15) is 0 Å². The number of amides is 1. The number of carbonyl (C=O) groups excluding carboxylic acids is 1. The van der Waals surface area contributed by atoms with Gasteiger partial charge < -0.3 is 9.73 Å². The van der Waals surface area contributed by atoms with E-state index in [0.717, 1.165) is 16.7 Å². The number of aromatic nitrogens is 1. The average molecular weight is 318 g/mol. The van der Waals surface area contributed by atoms with Crippen molar-refractivity contribution in [2.45, 2.75) is 13.0 Å². The topological polar surface area (TPSA) is 55.1 Å². The Balaban J connectivity index is 1.66. The quantitative estimate of drug-likeness (QED) is 0.716. The van der Waals surface area contributed by atoms with E-state index < -0.39 is 0 Å². The van der Waals surface area contributed by atoms with Crippen molar-refractivity contribution in [2.75, 3.05) is 0 Å². The number of carbonyl (C=O) groups is 1. The summed E-state index contributed by atoms with van der Waals surface area (Å²) < 4.78 is 5.31.